The summed E-state index contributed by atoms with van der Waals surface area (Å²) in [5, 5.41) is 2.36. The average molecular weight is 332 g/mol. The monoisotopic (exact) mass is 332 g/mol. The van der Waals surface area contributed by atoms with Crippen LogP contribution >= 0.6 is 0 Å². The third kappa shape index (κ3) is 4.16. The summed E-state index contributed by atoms with van der Waals surface area (Å²) in [6, 6.07) is 10.1. The maximum absolute atomic E-state index is 13.6. The van der Waals surface area contributed by atoms with Crippen LogP contribution in [0.4, 0.5) is 20.2 Å². The van der Waals surface area contributed by atoms with Crippen molar-refractivity contribution in [2.75, 3.05) is 16.8 Å². The van der Waals surface area contributed by atoms with Crippen LogP contribution in [0.3, 0.4) is 0 Å². The van der Waals surface area contributed by atoms with Gasteiger partial charge in [-0.05, 0) is 30.2 Å². The molecule has 0 aliphatic rings. The van der Waals surface area contributed by atoms with Gasteiger partial charge in [-0.25, -0.2) is 8.78 Å². The molecule has 4 nitrogen and oxygen atoms in total. The number of amides is 2. The summed E-state index contributed by atoms with van der Waals surface area (Å²) in [5.74, 6) is -2.47. The molecule has 0 bridgehead atoms. The van der Waals surface area contributed by atoms with Gasteiger partial charge < -0.3 is 10.2 Å². The van der Waals surface area contributed by atoms with Crippen LogP contribution in [-0.2, 0) is 16.0 Å². The van der Waals surface area contributed by atoms with Crippen molar-refractivity contribution in [1.82, 2.24) is 0 Å². The molecule has 6 heteroatoms. The number of para-hydroxylation sites is 1. The number of carbonyl (C=O) groups excluding carboxylic acids is 2. The number of nitrogens with one attached hydrogen (secondary N) is 1. The molecule has 1 N–H and O–H groups in total. The topological polar surface area (TPSA) is 49.4 Å². The number of hydrogen-bond acceptors (Lipinski definition) is 2. The second-order valence-electron chi connectivity index (χ2n) is 5.26. The molecule has 2 aromatic carbocycles. The molecular formula is C18H18F2N2O2. The van der Waals surface area contributed by atoms with Crippen molar-refractivity contribution < 1.29 is 18.4 Å². The highest BCUT2D eigenvalue weighted by atomic mass is 19.1. The fraction of sp³-hybridized carbons (Fsp3) is 0.222. The molecule has 0 saturated heterocycles. The first-order valence-electron chi connectivity index (χ1n) is 7.53. The molecule has 0 heterocycles. The number of anilines is 2. The van der Waals surface area contributed by atoms with E-state index in [-0.39, 0.29) is 18.1 Å². The Morgan fingerprint density at radius 2 is 1.83 bits per heavy atom. The van der Waals surface area contributed by atoms with E-state index in [1.54, 1.807) is 12.1 Å². The van der Waals surface area contributed by atoms with E-state index in [9.17, 15) is 18.4 Å². The largest absolute Gasteiger partial charge is 0.322 e. The molecule has 0 fully saturated rings. The van der Waals surface area contributed by atoms with E-state index in [1.165, 1.54) is 11.8 Å². The Bertz CT molecular complexity index is 762. The van der Waals surface area contributed by atoms with Crippen molar-refractivity contribution in [3.63, 3.8) is 0 Å². The molecule has 24 heavy (non-hydrogen) atoms. The number of hydrogen-bond donors (Lipinski definition) is 1. The number of nitrogens with zero attached hydrogens (tertiary/aromatic N) is 1. The Morgan fingerprint density at radius 3 is 2.46 bits per heavy atom. The molecule has 2 aromatic rings. The Kier molecular flexibility index (Phi) is 5.63. The van der Waals surface area contributed by atoms with Gasteiger partial charge in [-0.2, -0.15) is 0 Å². The minimum Gasteiger partial charge on any atom is -0.322 e. The number of rotatable bonds is 5. The Balaban J connectivity index is 2.18. The fourth-order valence-electron chi connectivity index (χ4n) is 2.36. The smallest absolute Gasteiger partial charge is 0.244 e. The van der Waals surface area contributed by atoms with Gasteiger partial charge in [-0.1, -0.05) is 25.1 Å². The highest BCUT2D eigenvalue weighted by molar-refractivity contribution is 6.02. The summed E-state index contributed by atoms with van der Waals surface area (Å²) in [5.41, 5.74) is 1.43. The quantitative estimate of drug-likeness (QED) is 0.911. The van der Waals surface area contributed by atoms with E-state index in [1.807, 2.05) is 19.1 Å². The highest BCUT2D eigenvalue weighted by Crippen LogP contribution is 2.21. The Hall–Kier alpha value is -2.76. The summed E-state index contributed by atoms with van der Waals surface area (Å²) >= 11 is 0. The first-order valence-corrected chi connectivity index (χ1v) is 7.53. The predicted octanol–water partition coefficient (Wildman–Crippen LogP) is 3.52. The first kappa shape index (κ1) is 17.6. The van der Waals surface area contributed by atoms with Crippen molar-refractivity contribution >= 4 is 23.2 Å². The zero-order valence-corrected chi connectivity index (χ0v) is 13.5. The molecule has 0 aliphatic heterocycles. The van der Waals surface area contributed by atoms with E-state index in [0.29, 0.717) is 18.2 Å². The molecule has 0 unspecified atom stereocenters. The van der Waals surface area contributed by atoms with Crippen LogP contribution in [0.1, 0.15) is 19.4 Å². The summed E-state index contributed by atoms with van der Waals surface area (Å²) in [6.45, 7) is 3.05. The maximum Gasteiger partial charge on any atom is 0.244 e. The molecule has 2 rings (SSSR count). The van der Waals surface area contributed by atoms with Crippen LogP contribution in [0.5, 0.6) is 0 Å². The van der Waals surface area contributed by atoms with E-state index in [0.717, 1.165) is 17.7 Å². The second-order valence-corrected chi connectivity index (χ2v) is 5.26. The van der Waals surface area contributed by atoms with Crippen molar-refractivity contribution in [3.05, 3.63) is 59.7 Å². The van der Waals surface area contributed by atoms with Gasteiger partial charge in [0.2, 0.25) is 11.8 Å². The van der Waals surface area contributed by atoms with E-state index < -0.39 is 17.5 Å². The first-order chi connectivity index (χ1) is 11.4. The van der Waals surface area contributed by atoms with Gasteiger partial charge in [-0.15, -0.1) is 0 Å². The Morgan fingerprint density at radius 1 is 1.12 bits per heavy atom. The normalized spacial score (nSPS) is 10.3. The van der Waals surface area contributed by atoms with Crippen molar-refractivity contribution in [3.8, 4) is 0 Å². The Labute approximate surface area is 139 Å². The summed E-state index contributed by atoms with van der Waals surface area (Å²) in [4.78, 5) is 25.4. The van der Waals surface area contributed by atoms with Gasteiger partial charge in [-0.3, -0.25) is 9.59 Å². The second kappa shape index (κ2) is 7.68. The van der Waals surface area contributed by atoms with E-state index in [4.69, 9.17) is 0 Å². The molecule has 2 amide bonds. The van der Waals surface area contributed by atoms with Gasteiger partial charge in [0.25, 0.3) is 0 Å². The number of benzene rings is 2. The molecule has 0 atom stereocenters. The third-order valence-electron chi connectivity index (χ3n) is 3.55. The molecule has 0 spiro atoms. The minimum absolute atomic E-state index is 0.131. The summed E-state index contributed by atoms with van der Waals surface area (Å²) in [7, 11) is 0. The molecular weight excluding hydrogens is 314 g/mol. The van der Waals surface area contributed by atoms with Crippen LogP contribution < -0.4 is 10.2 Å². The third-order valence-corrected chi connectivity index (χ3v) is 3.55. The maximum atomic E-state index is 13.6. The number of halogens is 2. The van der Waals surface area contributed by atoms with E-state index in [2.05, 4.69) is 5.32 Å². The molecule has 0 aromatic heterocycles. The van der Waals surface area contributed by atoms with Crippen LogP contribution in [0.15, 0.2) is 42.5 Å². The number of carbonyl (C=O) groups is 2. The predicted molar refractivity (Wildman–Crippen MR) is 88.8 cm³/mol. The van der Waals surface area contributed by atoms with Gasteiger partial charge in [0.1, 0.15) is 18.2 Å². The van der Waals surface area contributed by atoms with Crippen LogP contribution in [-0.4, -0.2) is 18.4 Å². The van der Waals surface area contributed by atoms with Gasteiger partial charge in [0.15, 0.2) is 0 Å². The van der Waals surface area contributed by atoms with Crippen LogP contribution in [0.25, 0.3) is 0 Å². The lowest BCUT2D eigenvalue weighted by Crippen LogP contribution is -2.37. The van der Waals surface area contributed by atoms with Crippen molar-refractivity contribution in [2.24, 2.45) is 0 Å². The highest BCUT2D eigenvalue weighted by Gasteiger charge is 2.18. The van der Waals surface area contributed by atoms with Gasteiger partial charge >= 0.3 is 0 Å². The summed E-state index contributed by atoms with van der Waals surface area (Å²) in [6.07, 6.45) is 0.703. The van der Waals surface area contributed by atoms with Crippen LogP contribution in [0, 0.1) is 11.6 Å². The average Bonchev–Trinajstić information content (AvgIpc) is 2.55. The minimum atomic E-state index is -0.869. The standard InChI is InChI=1S/C18H18F2N2O2/c1-3-13-6-4-5-7-17(13)22(12(2)23)11-18(24)21-16-9-8-14(19)10-15(16)20/h4-10H,3,11H2,1-2H3,(H,21,24). The lowest BCUT2D eigenvalue weighted by atomic mass is 10.1. The zero-order valence-electron chi connectivity index (χ0n) is 13.5. The van der Waals surface area contributed by atoms with Crippen molar-refractivity contribution in [1.29, 1.82) is 0 Å². The van der Waals surface area contributed by atoms with Crippen molar-refractivity contribution in [2.45, 2.75) is 20.3 Å². The lowest BCUT2D eigenvalue weighted by Gasteiger charge is -2.23. The van der Waals surface area contributed by atoms with E-state index >= 15 is 0 Å². The molecule has 0 radical (unpaired) electrons. The van der Waals surface area contributed by atoms with Crippen LogP contribution in [0.2, 0.25) is 0 Å². The SMILES string of the molecule is CCc1ccccc1N(CC(=O)Nc1ccc(F)cc1F)C(C)=O. The zero-order chi connectivity index (χ0) is 17.7. The molecule has 0 aliphatic carbocycles. The summed E-state index contributed by atoms with van der Waals surface area (Å²) < 4.78 is 26.5. The van der Waals surface area contributed by atoms with Gasteiger partial charge in [0.05, 0.1) is 5.69 Å². The molecule has 0 saturated carbocycles. The fourth-order valence-corrected chi connectivity index (χ4v) is 2.36. The number of aryl methyl sites for hydroxylation is 1. The molecule has 126 valence electrons. The lowest BCUT2D eigenvalue weighted by molar-refractivity contribution is -0.120. The van der Waals surface area contributed by atoms with Gasteiger partial charge in [0, 0.05) is 18.7 Å².